The van der Waals surface area contributed by atoms with Gasteiger partial charge in [-0.25, -0.2) is 9.59 Å². The number of carbonyl (C=O) groups is 2. The smallest absolute Gasteiger partial charge is 0.365 e. The Bertz CT molecular complexity index is 553. The van der Waals surface area contributed by atoms with Gasteiger partial charge in [-0.1, -0.05) is 17.7 Å². The Morgan fingerprint density at radius 1 is 1.29 bits per heavy atom. The van der Waals surface area contributed by atoms with Crippen LogP contribution < -0.4 is 4.74 Å². The van der Waals surface area contributed by atoms with Crippen LogP contribution in [0.3, 0.4) is 0 Å². The van der Waals surface area contributed by atoms with Gasteiger partial charge in [0.05, 0.1) is 13.2 Å². The van der Waals surface area contributed by atoms with Crippen molar-refractivity contribution in [2.45, 2.75) is 25.6 Å². The van der Waals surface area contributed by atoms with Crippen LogP contribution in [0.25, 0.3) is 0 Å². The summed E-state index contributed by atoms with van der Waals surface area (Å²) in [5.41, 5.74) is -1.97. The number of esters is 2. The van der Waals surface area contributed by atoms with E-state index in [-0.39, 0.29) is 24.5 Å². The monoisotopic (exact) mass is 314 g/mol. The van der Waals surface area contributed by atoms with Crippen LogP contribution in [0, 0.1) is 0 Å². The molecule has 1 unspecified atom stereocenters. The second-order valence-corrected chi connectivity index (χ2v) is 4.80. The summed E-state index contributed by atoms with van der Waals surface area (Å²) in [6, 6.07) is 4.43. The highest BCUT2D eigenvalue weighted by molar-refractivity contribution is 6.30. The number of benzene rings is 1. The third-order valence-electron chi connectivity index (χ3n) is 3.08. The van der Waals surface area contributed by atoms with Crippen LogP contribution in [-0.4, -0.2) is 35.9 Å². The summed E-state index contributed by atoms with van der Waals surface area (Å²) in [5, 5.41) is 10.8. The maximum atomic E-state index is 12.2. The maximum Gasteiger partial charge on any atom is 0.365 e. The number of rotatable bonds is 4. The molecule has 1 aliphatic rings. The lowest BCUT2D eigenvalue weighted by Crippen LogP contribution is -2.55. The Morgan fingerprint density at radius 2 is 1.86 bits per heavy atom. The van der Waals surface area contributed by atoms with Crippen molar-refractivity contribution in [1.29, 1.82) is 0 Å². The molecule has 7 heteroatoms. The average molecular weight is 315 g/mol. The fraction of sp³-hybridized carbons (Fsp3) is 0.429. The maximum absolute atomic E-state index is 12.2. The van der Waals surface area contributed by atoms with Gasteiger partial charge in [-0.05, 0) is 26.0 Å². The van der Waals surface area contributed by atoms with Gasteiger partial charge >= 0.3 is 17.5 Å². The van der Waals surface area contributed by atoms with Crippen molar-refractivity contribution < 1.29 is 28.9 Å². The van der Waals surface area contributed by atoms with E-state index >= 15 is 0 Å². The van der Waals surface area contributed by atoms with E-state index in [1.54, 1.807) is 13.8 Å². The van der Waals surface area contributed by atoms with Crippen molar-refractivity contribution in [2.24, 2.45) is 0 Å². The summed E-state index contributed by atoms with van der Waals surface area (Å²) in [6.07, 6.45) is -1.53. The first-order chi connectivity index (χ1) is 9.97. The highest BCUT2D eigenvalue weighted by atomic mass is 35.5. The number of carbonyl (C=O) groups excluding carboxylic acids is 2. The van der Waals surface area contributed by atoms with E-state index in [2.05, 4.69) is 0 Å². The molecular formula is C14H15ClO6. The largest absolute Gasteiger partial charge is 0.462 e. The highest BCUT2D eigenvalue weighted by Gasteiger charge is 2.62. The highest BCUT2D eigenvalue weighted by Crippen LogP contribution is 2.45. The van der Waals surface area contributed by atoms with Gasteiger partial charge in [0.2, 0.25) is 0 Å². The lowest BCUT2D eigenvalue weighted by Gasteiger charge is -2.26. The third-order valence-corrected chi connectivity index (χ3v) is 3.32. The fourth-order valence-electron chi connectivity index (χ4n) is 2.14. The number of ether oxygens (including phenoxy) is 3. The van der Waals surface area contributed by atoms with Gasteiger partial charge in [0.1, 0.15) is 11.9 Å². The molecule has 1 aromatic carbocycles. The fourth-order valence-corrected chi connectivity index (χ4v) is 2.30. The second-order valence-electron chi connectivity index (χ2n) is 4.36. The molecule has 0 saturated carbocycles. The second kappa shape index (κ2) is 5.91. The summed E-state index contributed by atoms with van der Waals surface area (Å²) in [6.45, 7) is 3.24. The lowest BCUT2D eigenvalue weighted by molar-refractivity contribution is -0.187. The molecule has 1 aliphatic heterocycles. The summed E-state index contributed by atoms with van der Waals surface area (Å²) in [7, 11) is 0. The standard InChI is InChI=1S/C14H15ClO6/c1-3-19-12(17)14(13(18)20-4-2)11(16)9-6-5-8(15)7-10(9)21-14/h5-7,11,16H,3-4H2,1-2H3. The van der Waals surface area contributed by atoms with Gasteiger partial charge in [-0.15, -0.1) is 0 Å². The Balaban J connectivity index is 2.48. The Labute approximate surface area is 126 Å². The summed E-state index contributed by atoms with van der Waals surface area (Å²) in [5.74, 6) is -1.84. The molecule has 0 radical (unpaired) electrons. The van der Waals surface area contributed by atoms with Crippen LogP contribution in [-0.2, 0) is 19.1 Å². The number of aliphatic hydroxyl groups excluding tert-OH is 1. The number of aliphatic hydroxyl groups is 1. The quantitative estimate of drug-likeness (QED) is 0.672. The van der Waals surface area contributed by atoms with Crippen LogP contribution in [0.2, 0.25) is 5.02 Å². The van der Waals surface area contributed by atoms with Gasteiger partial charge in [-0.3, -0.25) is 0 Å². The zero-order valence-corrected chi connectivity index (χ0v) is 12.3. The van der Waals surface area contributed by atoms with E-state index in [9.17, 15) is 14.7 Å². The number of hydrogen-bond donors (Lipinski definition) is 1. The molecule has 6 nitrogen and oxygen atoms in total. The van der Waals surface area contributed by atoms with Crippen molar-refractivity contribution in [3.63, 3.8) is 0 Å². The van der Waals surface area contributed by atoms with Gasteiger partial charge < -0.3 is 19.3 Å². The molecule has 1 heterocycles. The topological polar surface area (TPSA) is 82.1 Å². The lowest BCUT2D eigenvalue weighted by atomic mass is 9.93. The predicted octanol–water partition coefficient (Wildman–Crippen LogP) is 1.63. The Hall–Kier alpha value is -1.79. The molecule has 0 saturated heterocycles. The zero-order valence-electron chi connectivity index (χ0n) is 11.6. The molecule has 114 valence electrons. The summed E-state index contributed by atoms with van der Waals surface area (Å²) in [4.78, 5) is 24.4. The van der Waals surface area contributed by atoms with Crippen LogP contribution in [0.15, 0.2) is 18.2 Å². The number of fused-ring (bicyclic) bond motifs is 1. The molecule has 1 N–H and O–H groups in total. The van der Waals surface area contributed by atoms with Gasteiger partial charge in [-0.2, -0.15) is 0 Å². The minimum absolute atomic E-state index is 0.0349. The van der Waals surface area contributed by atoms with Gasteiger partial charge in [0.25, 0.3) is 0 Å². The Kier molecular flexibility index (Phi) is 4.39. The minimum atomic E-state index is -2.25. The van der Waals surface area contributed by atoms with Gasteiger partial charge in [0.15, 0.2) is 0 Å². The molecule has 0 bridgehead atoms. The molecule has 0 aromatic heterocycles. The molecule has 0 spiro atoms. The number of halogens is 1. The normalized spacial score (nSPS) is 18.6. The zero-order chi connectivity index (χ0) is 15.6. The van der Waals surface area contributed by atoms with E-state index in [0.29, 0.717) is 5.02 Å². The van der Waals surface area contributed by atoms with E-state index in [0.717, 1.165) is 0 Å². The molecule has 2 rings (SSSR count). The van der Waals surface area contributed by atoms with Crippen molar-refractivity contribution >= 4 is 23.5 Å². The van der Waals surface area contributed by atoms with E-state index < -0.39 is 23.6 Å². The van der Waals surface area contributed by atoms with Crippen molar-refractivity contribution in [1.82, 2.24) is 0 Å². The first-order valence-electron chi connectivity index (χ1n) is 6.48. The van der Waals surface area contributed by atoms with E-state index in [4.69, 9.17) is 25.8 Å². The summed E-state index contributed by atoms with van der Waals surface area (Å²) >= 11 is 5.85. The molecule has 0 fully saturated rings. The Morgan fingerprint density at radius 3 is 2.38 bits per heavy atom. The van der Waals surface area contributed by atoms with Crippen molar-refractivity contribution in [3.05, 3.63) is 28.8 Å². The van der Waals surface area contributed by atoms with Crippen LogP contribution in [0.1, 0.15) is 25.5 Å². The molecule has 0 aliphatic carbocycles. The van der Waals surface area contributed by atoms with Gasteiger partial charge in [0, 0.05) is 10.6 Å². The predicted molar refractivity (Wildman–Crippen MR) is 73.0 cm³/mol. The van der Waals surface area contributed by atoms with Crippen LogP contribution in [0.4, 0.5) is 0 Å². The minimum Gasteiger partial charge on any atom is -0.462 e. The molecule has 1 aromatic rings. The van der Waals surface area contributed by atoms with Crippen LogP contribution >= 0.6 is 11.6 Å². The third kappa shape index (κ3) is 2.45. The van der Waals surface area contributed by atoms with Crippen molar-refractivity contribution in [2.75, 3.05) is 13.2 Å². The van der Waals surface area contributed by atoms with E-state index in [1.165, 1.54) is 18.2 Å². The molecule has 1 atom stereocenters. The first kappa shape index (κ1) is 15.6. The summed E-state index contributed by atoms with van der Waals surface area (Å²) < 4.78 is 15.2. The average Bonchev–Trinajstić information content (AvgIpc) is 2.73. The number of hydrogen-bond acceptors (Lipinski definition) is 6. The first-order valence-corrected chi connectivity index (χ1v) is 6.86. The van der Waals surface area contributed by atoms with Crippen molar-refractivity contribution in [3.8, 4) is 5.75 Å². The molecule has 21 heavy (non-hydrogen) atoms. The van der Waals surface area contributed by atoms with E-state index in [1.807, 2.05) is 0 Å². The molecule has 0 amide bonds. The van der Waals surface area contributed by atoms with Crippen LogP contribution in [0.5, 0.6) is 5.75 Å². The SMILES string of the molecule is CCOC(=O)C1(C(=O)OCC)Oc2cc(Cl)ccc2C1O. The molecular weight excluding hydrogens is 300 g/mol.